The number of hydrogen-bond donors (Lipinski definition) is 0. The Morgan fingerprint density at radius 3 is 1.67 bits per heavy atom. The van der Waals surface area contributed by atoms with Crippen molar-refractivity contribution in [2.24, 2.45) is 0 Å². The lowest BCUT2D eigenvalue weighted by molar-refractivity contribution is 0.0605. The van der Waals surface area contributed by atoms with Gasteiger partial charge >= 0.3 is 0 Å². The minimum absolute atomic E-state index is 0.144. The van der Waals surface area contributed by atoms with Gasteiger partial charge in [0.25, 0.3) is 0 Å². The lowest BCUT2D eigenvalue weighted by Crippen LogP contribution is -2.42. The lowest BCUT2D eigenvalue weighted by atomic mass is 10.6. The zero-order chi connectivity index (χ0) is 12.1. The summed E-state index contributed by atoms with van der Waals surface area (Å²) in [6, 6.07) is 1.22. The molecule has 0 bridgehead atoms. The molecule has 0 fully saturated rings. The second-order valence-corrected chi connectivity index (χ2v) is 16.8. The van der Waals surface area contributed by atoms with Crippen molar-refractivity contribution in [3.63, 3.8) is 0 Å². The molecule has 2 nitrogen and oxygen atoms in total. The van der Waals surface area contributed by atoms with Crippen LogP contribution in [0.25, 0.3) is 0 Å². The molecule has 0 aromatic rings. The first-order valence-corrected chi connectivity index (χ1v) is 14.4. The number of hydrogen-bond acceptors (Lipinski definition) is 2. The van der Waals surface area contributed by atoms with E-state index in [0.717, 1.165) is 6.42 Å². The van der Waals surface area contributed by atoms with Crippen LogP contribution in [0.5, 0.6) is 0 Å². The zero-order valence-electron chi connectivity index (χ0n) is 11.2. The molecule has 0 unspecified atom stereocenters. The second kappa shape index (κ2) is 6.34. The van der Waals surface area contributed by atoms with Crippen LogP contribution in [0, 0.1) is 6.92 Å². The molecule has 0 aliphatic rings. The Balaban J connectivity index is 4.19. The van der Waals surface area contributed by atoms with Crippen LogP contribution in [-0.4, -0.2) is 32.1 Å². The molecule has 0 saturated carbocycles. The van der Waals surface area contributed by atoms with Gasteiger partial charge < -0.3 is 8.85 Å². The molecular formula is C10H27O2Si3. The van der Waals surface area contributed by atoms with E-state index in [1.807, 2.05) is 0 Å². The largest absolute Gasteiger partial charge is 0.398 e. The summed E-state index contributed by atoms with van der Waals surface area (Å²) >= 11 is 0. The van der Waals surface area contributed by atoms with Crippen molar-refractivity contribution < 1.29 is 8.85 Å². The predicted octanol–water partition coefficient (Wildman–Crippen LogP) is 2.78. The first-order valence-electron chi connectivity index (χ1n) is 5.79. The zero-order valence-corrected chi connectivity index (χ0v) is 14.6. The highest BCUT2D eigenvalue weighted by atomic mass is 28.4. The fraction of sp³-hybridized carbons (Fsp3) is 0.900. The summed E-state index contributed by atoms with van der Waals surface area (Å²) in [6.45, 7) is 17.3. The van der Waals surface area contributed by atoms with Crippen LogP contribution < -0.4 is 0 Å². The van der Waals surface area contributed by atoms with Crippen molar-refractivity contribution >= 4 is 26.2 Å². The van der Waals surface area contributed by atoms with Crippen molar-refractivity contribution in [2.75, 3.05) is 0 Å². The van der Waals surface area contributed by atoms with Gasteiger partial charge in [0.1, 0.15) is 5.91 Å². The molecule has 0 saturated heterocycles. The Morgan fingerprint density at radius 2 is 1.40 bits per heavy atom. The highest BCUT2D eigenvalue weighted by Crippen LogP contribution is 2.14. The summed E-state index contributed by atoms with van der Waals surface area (Å²) in [5, 5.41) is 0. The van der Waals surface area contributed by atoms with Crippen molar-refractivity contribution in [1.82, 2.24) is 0 Å². The van der Waals surface area contributed by atoms with E-state index in [0.29, 0.717) is 0 Å². The molecule has 0 spiro atoms. The van der Waals surface area contributed by atoms with Gasteiger partial charge in [0.2, 0.25) is 0 Å². The van der Waals surface area contributed by atoms with Crippen molar-refractivity contribution in [3.8, 4) is 0 Å². The predicted molar refractivity (Wildman–Crippen MR) is 76.0 cm³/mol. The van der Waals surface area contributed by atoms with E-state index < -0.39 is 16.6 Å². The maximum atomic E-state index is 6.10. The summed E-state index contributed by atoms with van der Waals surface area (Å²) in [4.78, 5) is 0. The molecule has 0 heterocycles. The molecule has 5 heteroatoms. The standard InChI is InChI=1S/C10H27O2Si3/c1-8-9-13-10(11-14(2,3)4)12-15(5,6)7/h10H,1,8-9,13H2,2-7H3. The molecule has 0 aliphatic carbocycles. The van der Waals surface area contributed by atoms with Crippen LogP contribution in [-0.2, 0) is 8.85 Å². The van der Waals surface area contributed by atoms with Crippen LogP contribution in [0.1, 0.15) is 6.42 Å². The molecule has 0 aromatic carbocycles. The first kappa shape index (κ1) is 15.6. The monoisotopic (exact) mass is 263 g/mol. The average Bonchev–Trinajstić information content (AvgIpc) is 1.94. The van der Waals surface area contributed by atoms with E-state index in [4.69, 9.17) is 8.85 Å². The lowest BCUT2D eigenvalue weighted by Gasteiger charge is -2.31. The van der Waals surface area contributed by atoms with E-state index in [1.54, 1.807) is 0 Å². The van der Waals surface area contributed by atoms with E-state index in [-0.39, 0.29) is 15.4 Å². The van der Waals surface area contributed by atoms with Crippen LogP contribution in [0.15, 0.2) is 0 Å². The van der Waals surface area contributed by atoms with Gasteiger partial charge in [0, 0.05) is 0 Å². The summed E-state index contributed by atoms with van der Waals surface area (Å²) in [5.41, 5.74) is 0. The summed E-state index contributed by atoms with van der Waals surface area (Å²) in [7, 11) is -3.19. The topological polar surface area (TPSA) is 18.5 Å². The average molecular weight is 264 g/mol. The minimum atomic E-state index is -1.46. The maximum Gasteiger partial charge on any atom is 0.186 e. The molecule has 0 N–H and O–H groups in total. The van der Waals surface area contributed by atoms with Crippen LogP contribution in [0.3, 0.4) is 0 Å². The molecule has 0 atom stereocenters. The molecule has 0 amide bonds. The van der Waals surface area contributed by atoms with E-state index in [9.17, 15) is 0 Å². The Morgan fingerprint density at radius 1 is 1.00 bits per heavy atom. The van der Waals surface area contributed by atoms with Gasteiger partial charge in [-0.1, -0.05) is 19.4 Å². The third kappa shape index (κ3) is 10.8. The fourth-order valence-corrected chi connectivity index (χ4v) is 7.58. The summed E-state index contributed by atoms with van der Waals surface area (Å²) in [6.07, 6.45) is 1.02. The van der Waals surface area contributed by atoms with E-state index in [1.165, 1.54) is 6.04 Å². The van der Waals surface area contributed by atoms with Gasteiger partial charge in [-0.05, 0) is 39.3 Å². The van der Waals surface area contributed by atoms with Crippen molar-refractivity contribution in [1.29, 1.82) is 0 Å². The second-order valence-electron chi connectivity index (χ2n) is 5.89. The Kier molecular flexibility index (Phi) is 6.58. The number of rotatable bonds is 7. The van der Waals surface area contributed by atoms with Gasteiger partial charge in [-0.25, -0.2) is 0 Å². The third-order valence-corrected chi connectivity index (χ3v) is 5.98. The van der Waals surface area contributed by atoms with Crippen molar-refractivity contribution in [3.05, 3.63) is 6.92 Å². The Bertz CT molecular complexity index is 156. The molecule has 1 radical (unpaired) electrons. The summed E-state index contributed by atoms with van der Waals surface area (Å²) in [5.74, 6) is 0.144. The molecular weight excluding hydrogens is 236 g/mol. The van der Waals surface area contributed by atoms with Crippen LogP contribution >= 0.6 is 0 Å². The fourth-order valence-electron chi connectivity index (χ4n) is 1.24. The highest BCUT2D eigenvalue weighted by molar-refractivity contribution is 6.71. The molecule has 0 aromatic heterocycles. The van der Waals surface area contributed by atoms with Gasteiger partial charge in [0.05, 0.1) is 9.52 Å². The Labute approximate surface area is 99.8 Å². The molecule has 0 aliphatic heterocycles. The Hall–Kier alpha value is 0.571. The van der Waals surface area contributed by atoms with E-state index >= 15 is 0 Å². The quantitative estimate of drug-likeness (QED) is 0.519. The smallest absolute Gasteiger partial charge is 0.186 e. The van der Waals surface area contributed by atoms with Crippen molar-refractivity contribution in [2.45, 2.75) is 57.7 Å². The van der Waals surface area contributed by atoms with Gasteiger partial charge in [-0.2, -0.15) is 0 Å². The molecule has 15 heavy (non-hydrogen) atoms. The van der Waals surface area contributed by atoms with Crippen LogP contribution in [0.2, 0.25) is 45.3 Å². The van der Waals surface area contributed by atoms with Crippen LogP contribution in [0.4, 0.5) is 0 Å². The van der Waals surface area contributed by atoms with E-state index in [2.05, 4.69) is 46.2 Å². The SMILES string of the molecule is [CH2]CC[SiH2]C(O[Si](C)(C)C)O[Si](C)(C)C. The highest BCUT2D eigenvalue weighted by Gasteiger charge is 2.26. The van der Waals surface area contributed by atoms with Gasteiger partial charge in [-0.3, -0.25) is 0 Å². The van der Waals surface area contributed by atoms with Gasteiger partial charge in [-0.15, -0.1) is 0 Å². The molecule has 91 valence electrons. The minimum Gasteiger partial charge on any atom is -0.398 e. The van der Waals surface area contributed by atoms with Gasteiger partial charge in [0.15, 0.2) is 16.6 Å². The maximum absolute atomic E-state index is 6.10. The normalized spacial score (nSPS) is 14.4. The summed E-state index contributed by atoms with van der Waals surface area (Å²) < 4.78 is 12.2. The molecule has 0 rings (SSSR count). The third-order valence-electron chi connectivity index (χ3n) is 1.66. The first-order chi connectivity index (χ1) is 6.64.